The molecule has 5 aromatic carbocycles. The molecular weight excluding hydrogens is 340 g/mol. The van der Waals surface area contributed by atoms with Gasteiger partial charge in [-0.05, 0) is 74.5 Å². The molecular formula is C27H16O. The van der Waals surface area contributed by atoms with Crippen molar-refractivity contribution >= 4 is 43.5 Å². The highest BCUT2D eigenvalue weighted by molar-refractivity contribution is 6.20. The molecule has 0 radical (unpaired) electrons. The van der Waals surface area contributed by atoms with Crippen LogP contribution < -0.4 is 0 Å². The maximum Gasteiger partial charge on any atom is 0.136 e. The van der Waals surface area contributed by atoms with Gasteiger partial charge < -0.3 is 4.42 Å². The van der Waals surface area contributed by atoms with E-state index >= 15 is 0 Å². The van der Waals surface area contributed by atoms with Crippen molar-refractivity contribution in [2.45, 2.75) is 6.42 Å². The van der Waals surface area contributed by atoms with Crippen molar-refractivity contribution in [1.29, 1.82) is 0 Å². The molecule has 1 aromatic heterocycles. The highest BCUT2D eigenvalue weighted by atomic mass is 16.3. The summed E-state index contributed by atoms with van der Waals surface area (Å²) in [4.78, 5) is 0. The summed E-state index contributed by atoms with van der Waals surface area (Å²) in [6.45, 7) is 0. The second-order valence-electron chi connectivity index (χ2n) is 7.77. The zero-order valence-electron chi connectivity index (χ0n) is 15.2. The number of hydrogen-bond donors (Lipinski definition) is 0. The van der Waals surface area contributed by atoms with Gasteiger partial charge in [0, 0.05) is 10.8 Å². The average molecular weight is 356 g/mol. The number of para-hydroxylation sites is 1. The van der Waals surface area contributed by atoms with Crippen LogP contribution in [0.2, 0.25) is 0 Å². The summed E-state index contributed by atoms with van der Waals surface area (Å²) in [7, 11) is 0. The molecule has 0 saturated carbocycles. The third kappa shape index (κ3) is 1.76. The molecule has 7 rings (SSSR count). The van der Waals surface area contributed by atoms with Crippen LogP contribution >= 0.6 is 0 Å². The van der Waals surface area contributed by atoms with Gasteiger partial charge in [0.25, 0.3) is 0 Å². The molecule has 0 unspecified atom stereocenters. The Bertz CT molecular complexity index is 1580. The minimum atomic E-state index is 0.958. The van der Waals surface area contributed by atoms with Crippen LogP contribution in [-0.4, -0.2) is 0 Å². The summed E-state index contributed by atoms with van der Waals surface area (Å²) < 4.78 is 6.10. The molecule has 1 heteroatoms. The highest BCUT2D eigenvalue weighted by Crippen LogP contribution is 2.44. The molecule has 0 N–H and O–H groups in total. The fraction of sp³-hybridized carbons (Fsp3) is 0.0370. The molecule has 0 fully saturated rings. The summed E-state index contributed by atoms with van der Waals surface area (Å²) in [5, 5.41) is 7.66. The van der Waals surface area contributed by atoms with E-state index in [0.717, 1.165) is 17.6 Å². The molecule has 28 heavy (non-hydrogen) atoms. The van der Waals surface area contributed by atoms with Gasteiger partial charge in [-0.2, -0.15) is 0 Å². The normalized spacial score (nSPS) is 12.9. The zero-order valence-corrected chi connectivity index (χ0v) is 15.2. The molecule has 6 aromatic rings. The van der Waals surface area contributed by atoms with Crippen molar-refractivity contribution in [2.24, 2.45) is 0 Å². The van der Waals surface area contributed by atoms with Gasteiger partial charge in [0.2, 0.25) is 0 Å². The van der Waals surface area contributed by atoms with Crippen LogP contribution in [0.3, 0.4) is 0 Å². The molecule has 0 atom stereocenters. The van der Waals surface area contributed by atoms with Crippen LogP contribution in [-0.2, 0) is 6.42 Å². The van der Waals surface area contributed by atoms with E-state index in [9.17, 15) is 0 Å². The van der Waals surface area contributed by atoms with Crippen molar-refractivity contribution in [2.75, 3.05) is 0 Å². The SMILES string of the molecule is c1ccc2c3c(ccc2c1)Cc1cc2c(ccc4oc5ccccc5c42)cc1-3. The van der Waals surface area contributed by atoms with Crippen molar-refractivity contribution in [3.63, 3.8) is 0 Å². The molecule has 1 nitrogen and oxygen atoms in total. The lowest BCUT2D eigenvalue weighted by Gasteiger charge is -2.08. The highest BCUT2D eigenvalue weighted by Gasteiger charge is 2.22. The topological polar surface area (TPSA) is 13.1 Å². The van der Waals surface area contributed by atoms with Gasteiger partial charge in [-0.25, -0.2) is 0 Å². The Balaban J connectivity index is 1.61. The first-order valence-electron chi connectivity index (χ1n) is 9.75. The van der Waals surface area contributed by atoms with Crippen molar-refractivity contribution < 1.29 is 4.42 Å². The van der Waals surface area contributed by atoms with Crippen LogP contribution in [0.4, 0.5) is 0 Å². The maximum atomic E-state index is 6.10. The average Bonchev–Trinajstić information content (AvgIpc) is 3.30. The van der Waals surface area contributed by atoms with Gasteiger partial charge >= 0.3 is 0 Å². The van der Waals surface area contributed by atoms with Gasteiger partial charge in [-0.3, -0.25) is 0 Å². The third-order valence-corrected chi connectivity index (χ3v) is 6.25. The Morgan fingerprint density at radius 3 is 2.36 bits per heavy atom. The van der Waals surface area contributed by atoms with Crippen LogP contribution in [0.15, 0.2) is 89.3 Å². The predicted octanol–water partition coefficient (Wildman–Crippen LogP) is 7.46. The van der Waals surface area contributed by atoms with E-state index in [0.29, 0.717) is 0 Å². The van der Waals surface area contributed by atoms with Gasteiger partial charge in [0.15, 0.2) is 0 Å². The fourth-order valence-corrected chi connectivity index (χ4v) is 5.01. The molecule has 0 aliphatic heterocycles. The number of hydrogen-bond acceptors (Lipinski definition) is 1. The zero-order chi connectivity index (χ0) is 18.2. The predicted molar refractivity (Wildman–Crippen MR) is 117 cm³/mol. The molecule has 1 aliphatic rings. The summed E-state index contributed by atoms with van der Waals surface area (Å²) in [5.74, 6) is 0. The molecule has 1 heterocycles. The van der Waals surface area contributed by atoms with E-state index in [1.54, 1.807) is 0 Å². The first-order chi connectivity index (χ1) is 13.9. The minimum absolute atomic E-state index is 0.958. The Kier molecular flexibility index (Phi) is 2.60. The summed E-state index contributed by atoms with van der Waals surface area (Å²) >= 11 is 0. The first kappa shape index (κ1) is 14.5. The second-order valence-corrected chi connectivity index (χ2v) is 7.77. The van der Waals surface area contributed by atoms with Gasteiger partial charge in [-0.1, -0.05) is 60.7 Å². The summed E-state index contributed by atoms with van der Waals surface area (Å²) in [6.07, 6.45) is 0.998. The monoisotopic (exact) mass is 356 g/mol. The number of rotatable bonds is 0. The summed E-state index contributed by atoms with van der Waals surface area (Å²) in [6, 6.07) is 30.7. The standard InChI is InChI=1S/C27H16O/c1-2-6-20-16(5-1)9-10-18-13-19-15-22-17(14-23(19)26(18)20)11-12-25-27(22)21-7-3-4-8-24(21)28-25/h1-12,14-15H,13H2. The van der Waals surface area contributed by atoms with E-state index in [2.05, 4.69) is 78.9 Å². The van der Waals surface area contributed by atoms with Gasteiger partial charge in [0.05, 0.1) is 0 Å². The third-order valence-electron chi connectivity index (χ3n) is 6.25. The Morgan fingerprint density at radius 1 is 0.571 bits per heavy atom. The molecule has 1 aliphatic carbocycles. The fourth-order valence-electron chi connectivity index (χ4n) is 5.01. The molecule has 0 bridgehead atoms. The van der Waals surface area contributed by atoms with Crippen molar-refractivity contribution in [3.05, 3.63) is 96.1 Å². The smallest absolute Gasteiger partial charge is 0.136 e. The summed E-state index contributed by atoms with van der Waals surface area (Å²) in [5.41, 5.74) is 7.56. The second kappa shape index (κ2) is 5.02. The Hall–Kier alpha value is -3.58. The lowest BCUT2D eigenvalue weighted by molar-refractivity contribution is 0.669. The van der Waals surface area contributed by atoms with E-state index < -0.39 is 0 Å². The largest absolute Gasteiger partial charge is 0.456 e. The van der Waals surface area contributed by atoms with Gasteiger partial charge in [0.1, 0.15) is 11.2 Å². The van der Waals surface area contributed by atoms with Crippen molar-refractivity contribution in [3.8, 4) is 11.1 Å². The quantitative estimate of drug-likeness (QED) is 0.275. The molecule has 0 spiro atoms. The lowest BCUT2D eigenvalue weighted by Crippen LogP contribution is -1.83. The first-order valence-corrected chi connectivity index (χ1v) is 9.75. The van der Waals surface area contributed by atoms with Gasteiger partial charge in [-0.15, -0.1) is 0 Å². The minimum Gasteiger partial charge on any atom is -0.456 e. The molecule has 0 amide bonds. The van der Waals surface area contributed by atoms with Crippen LogP contribution in [0.1, 0.15) is 11.1 Å². The van der Waals surface area contributed by atoms with Crippen LogP contribution in [0.5, 0.6) is 0 Å². The Labute approximate surface area is 161 Å². The molecule has 0 saturated heterocycles. The molecule has 130 valence electrons. The number of furan rings is 1. The van der Waals surface area contributed by atoms with Crippen LogP contribution in [0.25, 0.3) is 54.6 Å². The van der Waals surface area contributed by atoms with E-state index in [1.807, 2.05) is 6.07 Å². The number of fused-ring (bicyclic) bond motifs is 10. The Morgan fingerprint density at radius 2 is 1.39 bits per heavy atom. The number of benzene rings is 5. The van der Waals surface area contributed by atoms with E-state index in [-0.39, 0.29) is 0 Å². The lowest BCUT2D eigenvalue weighted by atomic mass is 9.95. The van der Waals surface area contributed by atoms with E-state index in [1.165, 1.54) is 54.6 Å². The maximum absolute atomic E-state index is 6.10. The van der Waals surface area contributed by atoms with E-state index in [4.69, 9.17) is 4.42 Å². The van der Waals surface area contributed by atoms with Crippen molar-refractivity contribution in [1.82, 2.24) is 0 Å². The van der Waals surface area contributed by atoms with Crippen LogP contribution in [0, 0.1) is 0 Å².